The lowest BCUT2D eigenvalue weighted by molar-refractivity contribution is -0.140. The van der Waals surface area contributed by atoms with E-state index in [1.807, 2.05) is 44.2 Å². The summed E-state index contributed by atoms with van der Waals surface area (Å²) in [7, 11) is 0. The molecule has 5 heteroatoms. The third kappa shape index (κ3) is 4.95. The van der Waals surface area contributed by atoms with E-state index in [4.69, 9.17) is 5.11 Å². The molecule has 19 heavy (non-hydrogen) atoms. The largest absolute Gasteiger partial charge is 0.480 e. The van der Waals surface area contributed by atoms with Crippen molar-refractivity contribution in [2.75, 3.05) is 5.75 Å². The number of aliphatic carboxylic acids is 1. The highest BCUT2D eigenvalue weighted by atomic mass is 32.2. The number of benzene rings is 1. The van der Waals surface area contributed by atoms with Gasteiger partial charge in [-0.3, -0.25) is 4.79 Å². The molecule has 1 rings (SSSR count). The van der Waals surface area contributed by atoms with Gasteiger partial charge in [-0.2, -0.15) is 0 Å². The standard InChI is InChI=1S/C14H19NO3S/c1-10(16)15-12(13(17)18)9-19-14(2,3)11-7-5-4-6-8-11/h4-8,12H,9H2,1-3H3,(H,15,16)(H,17,18)/t12-/m0/s1. The van der Waals surface area contributed by atoms with Gasteiger partial charge in [0.05, 0.1) is 0 Å². The monoisotopic (exact) mass is 281 g/mol. The summed E-state index contributed by atoms with van der Waals surface area (Å²) in [4.78, 5) is 22.0. The van der Waals surface area contributed by atoms with Crippen LogP contribution in [0.5, 0.6) is 0 Å². The first-order chi connectivity index (χ1) is 8.83. The molecule has 1 amide bonds. The number of carboxylic acids is 1. The van der Waals surface area contributed by atoms with Gasteiger partial charge >= 0.3 is 5.97 Å². The van der Waals surface area contributed by atoms with Gasteiger partial charge in [-0.05, 0) is 19.4 Å². The van der Waals surface area contributed by atoms with Crippen LogP contribution >= 0.6 is 11.8 Å². The molecule has 0 bridgehead atoms. The highest BCUT2D eigenvalue weighted by molar-refractivity contribution is 8.00. The lowest BCUT2D eigenvalue weighted by Gasteiger charge is -2.26. The van der Waals surface area contributed by atoms with Crippen LogP contribution in [0, 0.1) is 0 Å². The van der Waals surface area contributed by atoms with E-state index in [-0.39, 0.29) is 10.7 Å². The summed E-state index contributed by atoms with van der Waals surface area (Å²) >= 11 is 1.51. The van der Waals surface area contributed by atoms with Crippen LogP contribution in [0.4, 0.5) is 0 Å². The molecule has 0 saturated carbocycles. The molecule has 2 N–H and O–H groups in total. The van der Waals surface area contributed by atoms with E-state index in [0.717, 1.165) is 5.56 Å². The zero-order valence-electron chi connectivity index (χ0n) is 11.3. The number of rotatable bonds is 6. The Kier molecular flexibility index (Phi) is 5.42. The fourth-order valence-electron chi connectivity index (χ4n) is 1.63. The number of carbonyl (C=O) groups is 2. The average molecular weight is 281 g/mol. The summed E-state index contributed by atoms with van der Waals surface area (Å²) in [5, 5.41) is 11.5. The third-order valence-electron chi connectivity index (χ3n) is 2.76. The minimum atomic E-state index is -1.01. The molecule has 0 fully saturated rings. The molecule has 0 radical (unpaired) electrons. The minimum absolute atomic E-state index is 0.201. The Hall–Kier alpha value is -1.49. The molecule has 1 aromatic carbocycles. The van der Waals surface area contributed by atoms with Crippen LogP contribution in [-0.2, 0) is 14.3 Å². The Bertz CT molecular complexity index is 445. The van der Waals surface area contributed by atoms with E-state index in [9.17, 15) is 9.59 Å². The zero-order valence-corrected chi connectivity index (χ0v) is 12.2. The molecular formula is C14H19NO3S. The molecule has 0 aliphatic carbocycles. The zero-order chi connectivity index (χ0) is 14.5. The van der Waals surface area contributed by atoms with Gasteiger partial charge in [0.2, 0.25) is 5.91 Å². The van der Waals surface area contributed by atoms with Crippen LogP contribution in [0.25, 0.3) is 0 Å². The number of carbonyl (C=O) groups excluding carboxylic acids is 1. The van der Waals surface area contributed by atoms with Crippen molar-refractivity contribution >= 4 is 23.6 Å². The number of hydrogen-bond acceptors (Lipinski definition) is 3. The molecule has 1 atom stereocenters. The SMILES string of the molecule is CC(=O)N[C@@H](CSC(C)(C)c1ccccc1)C(=O)O. The average Bonchev–Trinajstić information content (AvgIpc) is 2.35. The van der Waals surface area contributed by atoms with Gasteiger partial charge in [0.15, 0.2) is 0 Å². The van der Waals surface area contributed by atoms with E-state index < -0.39 is 12.0 Å². The van der Waals surface area contributed by atoms with E-state index in [0.29, 0.717) is 5.75 Å². The summed E-state index contributed by atoms with van der Waals surface area (Å²) in [6.45, 7) is 5.41. The smallest absolute Gasteiger partial charge is 0.327 e. The fraction of sp³-hybridized carbons (Fsp3) is 0.429. The molecule has 0 aliphatic heterocycles. The maximum atomic E-state index is 11.1. The summed E-state index contributed by atoms with van der Waals surface area (Å²) in [5.74, 6) is -1.01. The number of hydrogen-bond donors (Lipinski definition) is 2. The third-order valence-corrected chi connectivity index (χ3v) is 4.21. The van der Waals surface area contributed by atoms with Gasteiger partial charge in [0.1, 0.15) is 6.04 Å². The van der Waals surface area contributed by atoms with Gasteiger partial charge in [-0.25, -0.2) is 4.79 Å². The van der Waals surface area contributed by atoms with Crippen molar-refractivity contribution in [3.8, 4) is 0 Å². The maximum absolute atomic E-state index is 11.1. The molecule has 104 valence electrons. The quantitative estimate of drug-likeness (QED) is 0.839. The summed E-state index contributed by atoms with van der Waals surface area (Å²) < 4.78 is -0.201. The first kappa shape index (κ1) is 15.6. The van der Waals surface area contributed by atoms with E-state index >= 15 is 0 Å². The topological polar surface area (TPSA) is 66.4 Å². The Balaban J connectivity index is 2.68. The summed E-state index contributed by atoms with van der Waals surface area (Å²) in [6, 6.07) is 9.04. The Morgan fingerprint density at radius 3 is 2.37 bits per heavy atom. The van der Waals surface area contributed by atoms with Crippen molar-refractivity contribution in [3.63, 3.8) is 0 Å². The van der Waals surface area contributed by atoms with E-state index in [1.165, 1.54) is 18.7 Å². The fourth-order valence-corrected chi connectivity index (χ4v) is 2.75. The van der Waals surface area contributed by atoms with Crippen LogP contribution in [0.2, 0.25) is 0 Å². The second-order valence-electron chi connectivity index (χ2n) is 4.78. The van der Waals surface area contributed by atoms with E-state index in [1.54, 1.807) is 0 Å². The van der Waals surface area contributed by atoms with Gasteiger partial charge in [-0.1, -0.05) is 30.3 Å². The lowest BCUT2D eigenvalue weighted by Crippen LogP contribution is -2.42. The molecule has 4 nitrogen and oxygen atoms in total. The highest BCUT2D eigenvalue weighted by Gasteiger charge is 2.26. The van der Waals surface area contributed by atoms with Crippen molar-refractivity contribution in [3.05, 3.63) is 35.9 Å². The second kappa shape index (κ2) is 6.61. The van der Waals surface area contributed by atoms with Crippen LogP contribution in [0.3, 0.4) is 0 Å². The van der Waals surface area contributed by atoms with Crippen molar-refractivity contribution < 1.29 is 14.7 Å². The molecular weight excluding hydrogens is 262 g/mol. The van der Waals surface area contributed by atoms with Crippen molar-refractivity contribution in [1.82, 2.24) is 5.32 Å². The molecule has 1 aromatic rings. The van der Waals surface area contributed by atoms with Gasteiger partial charge in [0, 0.05) is 17.4 Å². The number of amides is 1. The molecule has 0 aliphatic rings. The van der Waals surface area contributed by atoms with Crippen LogP contribution in [0.15, 0.2) is 30.3 Å². The number of nitrogens with one attached hydrogen (secondary N) is 1. The predicted octanol–water partition coefficient (Wildman–Crippen LogP) is 2.24. The van der Waals surface area contributed by atoms with Crippen molar-refractivity contribution in [2.24, 2.45) is 0 Å². The molecule has 0 heterocycles. The molecule has 0 spiro atoms. The lowest BCUT2D eigenvalue weighted by atomic mass is 10.0. The Morgan fingerprint density at radius 2 is 1.89 bits per heavy atom. The minimum Gasteiger partial charge on any atom is -0.480 e. The Labute approximate surface area is 117 Å². The van der Waals surface area contributed by atoms with Gasteiger partial charge in [0.25, 0.3) is 0 Å². The molecule has 0 saturated heterocycles. The van der Waals surface area contributed by atoms with Crippen molar-refractivity contribution in [1.29, 1.82) is 0 Å². The number of thioether (sulfide) groups is 1. The second-order valence-corrected chi connectivity index (χ2v) is 6.42. The van der Waals surface area contributed by atoms with Crippen molar-refractivity contribution in [2.45, 2.75) is 31.6 Å². The molecule has 0 unspecified atom stereocenters. The van der Waals surface area contributed by atoms with Gasteiger partial charge in [-0.15, -0.1) is 11.8 Å². The van der Waals surface area contributed by atoms with E-state index in [2.05, 4.69) is 5.32 Å². The maximum Gasteiger partial charge on any atom is 0.327 e. The van der Waals surface area contributed by atoms with Crippen LogP contribution in [0.1, 0.15) is 26.3 Å². The van der Waals surface area contributed by atoms with Crippen LogP contribution in [-0.4, -0.2) is 28.8 Å². The summed E-state index contributed by atoms with van der Waals surface area (Å²) in [6.07, 6.45) is 0. The van der Waals surface area contributed by atoms with Gasteiger partial charge < -0.3 is 10.4 Å². The molecule has 0 aromatic heterocycles. The predicted molar refractivity (Wildman–Crippen MR) is 77.2 cm³/mol. The summed E-state index contributed by atoms with van der Waals surface area (Å²) in [5.41, 5.74) is 1.13. The Morgan fingerprint density at radius 1 is 1.32 bits per heavy atom. The normalized spacial score (nSPS) is 12.8. The first-order valence-electron chi connectivity index (χ1n) is 6.02. The number of carboxylic acid groups (broad SMARTS) is 1. The highest BCUT2D eigenvalue weighted by Crippen LogP contribution is 2.35. The first-order valence-corrected chi connectivity index (χ1v) is 7.01. The van der Waals surface area contributed by atoms with Crippen LogP contribution < -0.4 is 5.32 Å².